The van der Waals surface area contributed by atoms with Crippen molar-refractivity contribution in [3.63, 3.8) is 0 Å². The average molecular weight is 311 g/mol. The maximum Gasteiger partial charge on any atom is 0.301 e. The minimum absolute atomic E-state index is 0.0344. The summed E-state index contributed by atoms with van der Waals surface area (Å²) in [5.41, 5.74) is 2.75. The summed E-state index contributed by atoms with van der Waals surface area (Å²) in [4.78, 5) is 0. The number of piperidine rings is 1. The van der Waals surface area contributed by atoms with Crippen molar-refractivity contribution < 1.29 is 8.42 Å². The van der Waals surface area contributed by atoms with Crippen LogP contribution in [0, 0.1) is 13.8 Å². The lowest BCUT2D eigenvalue weighted by atomic mass is 10.1. The molecule has 1 aromatic rings. The molecular weight excluding hydrogens is 286 g/mol. The van der Waals surface area contributed by atoms with Gasteiger partial charge in [-0.3, -0.25) is 4.72 Å². The lowest BCUT2D eigenvalue weighted by Gasteiger charge is -2.34. The number of aryl methyl sites for hydroxylation is 2. The molecule has 2 rings (SSSR count). The van der Waals surface area contributed by atoms with E-state index in [1.807, 2.05) is 39.1 Å². The Kier molecular flexibility index (Phi) is 5.24. The van der Waals surface area contributed by atoms with Crippen LogP contribution in [0.1, 0.15) is 30.4 Å². The van der Waals surface area contributed by atoms with Crippen LogP contribution in [0.5, 0.6) is 0 Å². The SMILES string of the molecule is CNCC1CCCCN1S(=O)(=O)Nc1cc(C)cc(C)c1. The summed E-state index contributed by atoms with van der Waals surface area (Å²) >= 11 is 0. The average Bonchev–Trinajstić information content (AvgIpc) is 2.37. The van der Waals surface area contributed by atoms with E-state index in [-0.39, 0.29) is 6.04 Å². The molecule has 1 fully saturated rings. The van der Waals surface area contributed by atoms with Crippen molar-refractivity contribution in [2.75, 3.05) is 24.9 Å². The first-order valence-corrected chi connectivity index (χ1v) is 8.89. The largest absolute Gasteiger partial charge is 0.318 e. The molecule has 1 saturated heterocycles. The van der Waals surface area contributed by atoms with Gasteiger partial charge in [0, 0.05) is 19.1 Å². The Morgan fingerprint density at radius 2 is 1.86 bits per heavy atom. The van der Waals surface area contributed by atoms with Gasteiger partial charge in [-0.15, -0.1) is 0 Å². The molecule has 21 heavy (non-hydrogen) atoms. The number of nitrogens with one attached hydrogen (secondary N) is 2. The summed E-state index contributed by atoms with van der Waals surface area (Å²) in [7, 11) is -1.64. The van der Waals surface area contributed by atoms with Crippen LogP contribution >= 0.6 is 0 Å². The van der Waals surface area contributed by atoms with E-state index in [0.29, 0.717) is 18.8 Å². The standard InChI is InChI=1S/C15H25N3O2S/c1-12-8-13(2)10-14(9-12)17-21(19,20)18-7-5-4-6-15(18)11-16-3/h8-10,15-17H,4-7,11H2,1-3H3. The topological polar surface area (TPSA) is 61.4 Å². The summed E-state index contributed by atoms with van der Waals surface area (Å²) in [6, 6.07) is 5.79. The zero-order chi connectivity index (χ0) is 15.5. The molecule has 0 aliphatic carbocycles. The maximum atomic E-state index is 12.6. The highest BCUT2D eigenvalue weighted by atomic mass is 32.2. The highest BCUT2D eigenvalue weighted by Crippen LogP contribution is 2.22. The van der Waals surface area contributed by atoms with Gasteiger partial charge in [0.2, 0.25) is 0 Å². The number of hydrogen-bond acceptors (Lipinski definition) is 3. The molecule has 1 unspecified atom stereocenters. The predicted octanol–water partition coefficient (Wildman–Crippen LogP) is 2.03. The number of hydrogen-bond donors (Lipinski definition) is 2. The van der Waals surface area contributed by atoms with Crippen LogP contribution in [-0.4, -0.2) is 38.9 Å². The highest BCUT2D eigenvalue weighted by Gasteiger charge is 2.31. The van der Waals surface area contributed by atoms with E-state index in [9.17, 15) is 8.42 Å². The van der Waals surface area contributed by atoms with Crippen LogP contribution in [0.25, 0.3) is 0 Å². The van der Waals surface area contributed by atoms with E-state index >= 15 is 0 Å². The second-order valence-corrected chi connectivity index (χ2v) is 7.42. The number of rotatable bonds is 5. The zero-order valence-corrected chi connectivity index (χ0v) is 13.8. The Morgan fingerprint density at radius 1 is 1.19 bits per heavy atom. The van der Waals surface area contributed by atoms with E-state index in [2.05, 4.69) is 10.0 Å². The van der Waals surface area contributed by atoms with Crippen molar-refractivity contribution in [3.05, 3.63) is 29.3 Å². The molecule has 1 aliphatic heterocycles. The van der Waals surface area contributed by atoms with Crippen LogP contribution in [0.3, 0.4) is 0 Å². The monoisotopic (exact) mass is 311 g/mol. The Bertz CT molecular complexity index is 564. The first-order valence-electron chi connectivity index (χ1n) is 7.45. The molecule has 0 spiro atoms. The Balaban J connectivity index is 2.19. The van der Waals surface area contributed by atoms with E-state index < -0.39 is 10.2 Å². The number of nitrogens with zero attached hydrogens (tertiary/aromatic N) is 1. The second-order valence-electron chi connectivity index (χ2n) is 5.80. The smallest absolute Gasteiger partial charge is 0.301 e. The quantitative estimate of drug-likeness (QED) is 0.875. The lowest BCUT2D eigenvalue weighted by Crippen LogP contribution is -2.49. The van der Waals surface area contributed by atoms with Crippen LogP contribution in [0.2, 0.25) is 0 Å². The molecule has 6 heteroatoms. The second kappa shape index (κ2) is 6.77. The Morgan fingerprint density at radius 3 is 2.48 bits per heavy atom. The first kappa shape index (κ1) is 16.3. The molecular formula is C15H25N3O2S. The summed E-state index contributed by atoms with van der Waals surface area (Å²) < 4.78 is 29.6. The van der Waals surface area contributed by atoms with Gasteiger partial charge in [-0.25, -0.2) is 0 Å². The summed E-state index contributed by atoms with van der Waals surface area (Å²) in [6.07, 6.45) is 2.92. The third-order valence-electron chi connectivity index (χ3n) is 3.79. The van der Waals surface area contributed by atoms with Gasteiger partial charge >= 0.3 is 10.2 Å². The van der Waals surface area contributed by atoms with Crippen LogP contribution in [0.4, 0.5) is 5.69 Å². The molecule has 5 nitrogen and oxygen atoms in total. The van der Waals surface area contributed by atoms with E-state index in [1.54, 1.807) is 4.31 Å². The van der Waals surface area contributed by atoms with Gasteiger partial charge in [-0.05, 0) is 57.0 Å². The van der Waals surface area contributed by atoms with Gasteiger partial charge in [-0.2, -0.15) is 12.7 Å². The van der Waals surface area contributed by atoms with E-state index in [1.165, 1.54) is 0 Å². The van der Waals surface area contributed by atoms with Crippen molar-refractivity contribution in [2.45, 2.75) is 39.2 Å². The molecule has 0 saturated carbocycles. The molecule has 1 aliphatic rings. The maximum absolute atomic E-state index is 12.6. The fourth-order valence-corrected chi connectivity index (χ4v) is 4.45. The molecule has 1 atom stereocenters. The molecule has 0 amide bonds. The van der Waals surface area contributed by atoms with Gasteiger partial charge in [0.1, 0.15) is 0 Å². The molecule has 0 radical (unpaired) electrons. The summed E-state index contributed by atoms with van der Waals surface area (Å²) in [5.74, 6) is 0. The number of anilines is 1. The molecule has 118 valence electrons. The van der Waals surface area contributed by atoms with Crippen LogP contribution in [0.15, 0.2) is 18.2 Å². The van der Waals surface area contributed by atoms with Gasteiger partial charge in [-0.1, -0.05) is 12.5 Å². The van der Waals surface area contributed by atoms with E-state index in [0.717, 1.165) is 30.4 Å². The van der Waals surface area contributed by atoms with Crippen molar-refractivity contribution in [2.24, 2.45) is 0 Å². The normalized spacial score (nSPS) is 20.4. The molecule has 2 N–H and O–H groups in total. The van der Waals surface area contributed by atoms with Crippen molar-refractivity contribution in [3.8, 4) is 0 Å². The first-order chi connectivity index (χ1) is 9.92. The van der Waals surface area contributed by atoms with E-state index in [4.69, 9.17) is 0 Å². The fourth-order valence-electron chi connectivity index (χ4n) is 2.97. The van der Waals surface area contributed by atoms with Crippen molar-refractivity contribution in [1.82, 2.24) is 9.62 Å². The minimum Gasteiger partial charge on any atom is -0.318 e. The fraction of sp³-hybridized carbons (Fsp3) is 0.600. The third-order valence-corrected chi connectivity index (χ3v) is 5.38. The highest BCUT2D eigenvalue weighted by molar-refractivity contribution is 7.90. The van der Waals surface area contributed by atoms with Crippen LogP contribution < -0.4 is 10.0 Å². The molecule has 0 bridgehead atoms. The van der Waals surface area contributed by atoms with Gasteiger partial charge in [0.25, 0.3) is 0 Å². The lowest BCUT2D eigenvalue weighted by molar-refractivity contribution is 0.250. The minimum atomic E-state index is -3.50. The molecule has 1 heterocycles. The zero-order valence-electron chi connectivity index (χ0n) is 13.0. The summed E-state index contributed by atoms with van der Waals surface area (Å²) in [5, 5.41) is 3.09. The van der Waals surface area contributed by atoms with Gasteiger partial charge in [0.15, 0.2) is 0 Å². The van der Waals surface area contributed by atoms with Crippen LogP contribution in [-0.2, 0) is 10.2 Å². The number of likely N-dealkylation sites (N-methyl/N-ethyl adjacent to an activating group) is 1. The third kappa shape index (κ3) is 4.18. The van der Waals surface area contributed by atoms with Crippen molar-refractivity contribution in [1.29, 1.82) is 0 Å². The number of benzene rings is 1. The summed E-state index contributed by atoms with van der Waals surface area (Å²) in [6.45, 7) is 5.21. The molecule has 0 aromatic heterocycles. The molecule has 1 aromatic carbocycles. The van der Waals surface area contributed by atoms with Gasteiger partial charge < -0.3 is 5.32 Å². The predicted molar refractivity (Wildman–Crippen MR) is 86.7 cm³/mol. The Hall–Kier alpha value is -1.11. The Labute approximate surface area is 127 Å². The van der Waals surface area contributed by atoms with Crippen molar-refractivity contribution >= 4 is 15.9 Å². The van der Waals surface area contributed by atoms with Gasteiger partial charge in [0.05, 0.1) is 5.69 Å².